The van der Waals surface area contributed by atoms with E-state index in [1.54, 1.807) is 0 Å². The molecule has 0 radical (unpaired) electrons. The van der Waals surface area contributed by atoms with Crippen LogP contribution in [0, 0.1) is 11.3 Å². The fraction of sp³-hybridized carbons (Fsp3) is 0.909. The quantitative estimate of drug-likeness (QED) is 0.607. The lowest BCUT2D eigenvalue weighted by atomic mass is 9.60. The maximum absolute atomic E-state index is 11.3. The van der Waals surface area contributed by atoms with Gasteiger partial charge in [0.2, 0.25) is 0 Å². The summed E-state index contributed by atoms with van der Waals surface area (Å²) in [7, 11) is 0. The van der Waals surface area contributed by atoms with Gasteiger partial charge >= 0.3 is 0 Å². The topological polar surface area (TPSA) is 26.3 Å². The number of ether oxygens (including phenoxy) is 1. The number of aldehydes is 1. The zero-order chi connectivity index (χ0) is 8.89. The molecule has 0 spiro atoms. The Morgan fingerprint density at radius 2 is 2.08 bits per heavy atom. The van der Waals surface area contributed by atoms with Gasteiger partial charge in [0, 0.05) is 0 Å². The van der Waals surface area contributed by atoms with Gasteiger partial charge in [-0.05, 0) is 38.0 Å². The van der Waals surface area contributed by atoms with Crippen LogP contribution in [0.2, 0.25) is 0 Å². The summed E-state index contributed by atoms with van der Waals surface area (Å²) in [5, 5.41) is 0. The molecule has 2 bridgehead atoms. The Bertz CT molecular complexity index is 234. The van der Waals surface area contributed by atoms with Crippen molar-refractivity contribution in [2.24, 2.45) is 11.3 Å². The van der Waals surface area contributed by atoms with E-state index >= 15 is 0 Å². The summed E-state index contributed by atoms with van der Waals surface area (Å²) in [4.78, 5) is 11.3. The van der Waals surface area contributed by atoms with Crippen LogP contribution in [0.3, 0.4) is 0 Å². The minimum atomic E-state index is -0.0544. The highest BCUT2D eigenvalue weighted by atomic mass is 16.5. The van der Waals surface area contributed by atoms with E-state index in [4.69, 9.17) is 4.74 Å². The molecule has 13 heavy (non-hydrogen) atoms. The molecule has 3 atom stereocenters. The first-order valence-corrected chi connectivity index (χ1v) is 5.47. The molecular weight excluding hydrogens is 164 g/mol. The first kappa shape index (κ1) is 7.98. The average molecular weight is 180 g/mol. The van der Waals surface area contributed by atoms with Crippen molar-refractivity contribution in [1.29, 1.82) is 0 Å². The summed E-state index contributed by atoms with van der Waals surface area (Å²) in [5.41, 5.74) is -0.0544. The van der Waals surface area contributed by atoms with Crippen LogP contribution < -0.4 is 0 Å². The Morgan fingerprint density at radius 1 is 1.23 bits per heavy atom. The standard InChI is InChI=1S/C11H16O2/c12-7-11(8-2-1-3-8)6-9-4-5-10(11)13-9/h7-10H,1-6H2. The lowest BCUT2D eigenvalue weighted by molar-refractivity contribution is -0.125. The van der Waals surface area contributed by atoms with Crippen molar-refractivity contribution in [3.63, 3.8) is 0 Å². The van der Waals surface area contributed by atoms with Crippen molar-refractivity contribution in [1.82, 2.24) is 0 Å². The minimum Gasteiger partial charge on any atom is -0.374 e. The van der Waals surface area contributed by atoms with Crippen LogP contribution in [0.25, 0.3) is 0 Å². The Morgan fingerprint density at radius 3 is 2.46 bits per heavy atom. The molecule has 3 fully saturated rings. The molecule has 3 aliphatic rings. The molecule has 2 aliphatic heterocycles. The SMILES string of the molecule is O=CC1(C2CCC2)CC2CCC1O2. The summed E-state index contributed by atoms with van der Waals surface area (Å²) in [6.07, 6.45) is 9.07. The molecule has 2 nitrogen and oxygen atoms in total. The van der Waals surface area contributed by atoms with Gasteiger partial charge in [-0.1, -0.05) is 6.42 Å². The van der Waals surface area contributed by atoms with Crippen molar-refractivity contribution in [3.8, 4) is 0 Å². The van der Waals surface area contributed by atoms with Crippen LogP contribution >= 0.6 is 0 Å². The lowest BCUT2D eigenvalue weighted by Crippen LogP contribution is -2.44. The molecule has 2 heteroatoms. The molecule has 1 aliphatic carbocycles. The molecule has 0 amide bonds. The molecule has 2 saturated heterocycles. The molecule has 0 N–H and O–H groups in total. The highest BCUT2D eigenvalue weighted by Gasteiger charge is 2.57. The Balaban J connectivity index is 1.88. The molecule has 72 valence electrons. The molecule has 1 saturated carbocycles. The van der Waals surface area contributed by atoms with Crippen molar-refractivity contribution in [2.45, 2.75) is 50.7 Å². The van der Waals surface area contributed by atoms with Crippen LogP contribution in [-0.4, -0.2) is 18.5 Å². The fourth-order valence-corrected chi connectivity index (χ4v) is 3.37. The molecular formula is C11H16O2. The van der Waals surface area contributed by atoms with E-state index in [0.29, 0.717) is 12.0 Å². The third-order valence-electron chi connectivity index (χ3n) is 4.37. The highest BCUT2D eigenvalue weighted by Crippen LogP contribution is 2.55. The second kappa shape index (κ2) is 2.57. The molecule has 0 aromatic carbocycles. The predicted octanol–water partition coefficient (Wildman–Crippen LogP) is 1.92. The van der Waals surface area contributed by atoms with Crippen LogP contribution in [0.15, 0.2) is 0 Å². The number of carbonyl (C=O) groups excluding carboxylic acids is 1. The zero-order valence-corrected chi connectivity index (χ0v) is 7.87. The van der Waals surface area contributed by atoms with Crippen molar-refractivity contribution >= 4 is 6.29 Å². The Kier molecular flexibility index (Phi) is 1.58. The van der Waals surface area contributed by atoms with Crippen LogP contribution in [0.4, 0.5) is 0 Å². The highest BCUT2D eigenvalue weighted by molar-refractivity contribution is 5.62. The summed E-state index contributed by atoms with van der Waals surface area (Å²) in [6.45, 7) is 0. The second-order valence-electron chi connectivity index (χ2n) is 4.89. The van der Waals surface area contributed by atoms with Crippen LogP contribution in [0.5, 0.6) is 0 Å². The summed E-state index contributed by atoms with van der Waals surface area (Å²) in [6, 6.07) is 0. The smallest absolute Gasteiger partial charge is 0.129 e. The largest absolute Gasteiger partial charge is 0.374 e. The van der Waals surface area contributed by atoms with Crippen LogP contribution in [-0.2, 0) is 9.53 Å². The van der Waals surface area contributed by atoms with Gasteiger partial charge in [-0.2, -0.15) is 0 Å². The average Bonchev–Trinajstić information content (AvgIpc) is 2.60. The Labute approximate surface area is 78.6 Å². The van der Waals surface area contributed by atoms with Gasteiger partial charge in [0.1, 0.15) is 6.29 Å². The molecule has 3 rings (SSSR count). The van der Waals surface area contributed by atoms with Crippen molar-refractivity contribution in [2.75, 3.05) is 0 Å². The van der Waals surface area contributed by atoms with Gasteiger partial charge in [-0.15, -0.1) is 0 Å². The van der Waals surface area contributed by atoms with Gasteiger partial charge in [-0.3, -0.25) is 0 Å². The lowest BCUT2D eigenvalue weighted by Gasteiger charge is -2.42. The number of carbonyl (C=O) groups is 1. The van der Waals surface area contributed by atoms with E-state index in [1.807, 2.05) is 0 Å². The molecule has 3 unspecified atom stereocenters. The molecule has 0 aromatic rings. The van der Waals surface area contributed by atoms with E-state index < -0.39 is 0 Å². The third-order valence-corrected chi connectivity index (χ3v) is 4.37. The fourth-order valence-electron chi connectivity index (χ4n) is 3.37. The minimum absolute atomic E-state index is 0.0544. The normalized spacial score (nSPS) is 49.2. The van der Waals surface area contributed by atoms with Crippen molar-refractivity contribution < 1.29 is 9.53 Å². The predicted molar refractivity (Wildman–Crippen MR) is 48.4 cm³/mol. The van der Waals surface area contributed by atoms with Gasteiger partial charge in [0.05, 0.1) is 17.6 Å². The van der Waals surface area contributed by atoms with Gasteiger partial charge in [0.25, 0.3) is 0 Å². The van der Waals surface area contributed by atoms with Gasteiger partial charge in [-0.25, -0.2) is 0 Å². The number of rotatable bonds is 2. The van der Waals surface area contributed by atoms with E-state index in [9.17, 15) is 4.79 Å². The van der Waals surface area contributed by atoms with E-state index in [2.05, 4.69) is 0 Å². The summed E-state index contributed by atoms with van der Waals surface area (Å²) >= 11 is 0. The van der Waals surface area contributed by atoms with E-state index in [-0.39, 0.29) is 11.5 Å². The first-order valence-electron chi connectivity index (χ1n) is 5.47. The van der Waals surface area contributed by atoms with Gasteiger partial charge < -0.3 is 9.53 Å². The Hall–Kier alpha value is -0.370. The second-order valence-corrected chi connectivity index (χ2v) is 4.89. The maximum Gasteiger partial charge on any atom is 0.129 e. The monoisotopic (exact) mass is 180 g/mol. The van der Waals surface area contributed by atoms with Gasteiger partial charge in [0.15, 0.2) is 0 Å². The summed E-state index contributed by atoms with van der Waals surface area (Å²) in [5.74, 6) is 0.653. The number of hydrogen-bond acceptors (Lipinski definition) is 2. The van der Waals surface area contributed by atoms with E-state index in [0.717, 1.165) is 12.8 Å². The number of fused-ring (bicyclic) bond motifs is 2. The van der Waals surface area contributed by atoms with Crippen LogP contribution in [0.1, 0.15) is 38.5 Å². The molecule has 0 aromatic heterocycles. The number of hydrogen-bond donors (Lipinski definition) is 0. The summed E-state index contributed by atoms with van der Waals surface area (Å²) < 4.78 is 5.80. The van der Waals surface area contributed by atoms with E-state index in [1.165, 1.54) is 32.0 Å². The zero-order valence-electron chi connectivity index (χ0n) is 7.87. The molecule has 2 heterocycles. The third kappa shape index (κ3) is 0.899. The maximum atomic E-state index is 11.3. The first-order chi connectivity index (χ1) is 6.35. The van der Waals surface area contributed by atoms with Crippen molar-refractivity contribution in [3.05, 3.63) is 0 Å².